The number of piperidine rings is 1. The van der Waals surface area contributed by atoms with Crippen LogP contribution in [-0.2, 0) is 6.54 Å². The molecule has 0 saturated carbocycles. The molecule has 0 aromatic heterocycles. The zero-order valence-electron chi connectivity index (χ0n) is 10.2. The van der Waals surface area contributed by atoms with Gasteiger partial charge in [-0.05, 0) is 50.0 Å². The van der Waals surface area contributed by atoms with Crippen molar-refractivity contribution in [3.8, 4) is 0 Å². The van der Waals surface area contributed by atoms with E-state index < -0.39 is 0 Å². The Morgan fingerprint density at radius 1 is 1.22 bits per heavy atom. The van der Waals surface area contributed by atoms with Gasteiger partial charge in [-0.15, -0.1) is 12.4 Å². The standard InChI is InChI=1S/C13H18Cl2N2.ClH/c14-12-3-1-2-11(13(12)15)9-17-8-10-4-6-16-7-5-10;/h1-3,10,16-17H,4-9H2;1H. The lowest BCUT2D eigenvalue weighted by Gasteiger charge is -2.22. The minimum atomic E-state index is 0. The third-order valence-corrected chi connectivity index (χ3v) is 4.10. The summed E-state index contributed by atoms with van der Waals surface area (Å²) in [5.41, 5.74) is 1.08. The first-order chi connectivity index (χ1) is 8.27. The summed E-state index contributed by atoms with van der Waals surface area (Å²) in [6.07, 6.45) is 2.52. The van der Waals surface area contributed by atoms with Crippen molar-refractivity contribution >= 4 is 35.6 Å². The van der Waals surface area contributed by atoms with E-state index in [1.54, 1.807) is 0 Å². The van der Waals surface area contributed by atoms with Crippen LogP contribution in [0.3, 0.4) is 0 Å². The Balaban J connectivity index is 0.00000162. The highest BCUT2D eigenvalue weighted by molar-refractivity contribution is 6.42. The van der Waals surface area contributed by atoms with Crippen molar-refractivity contribution < 1.29 is 0 Å². The number of hydrogen-bond donors (Lipinski definition) is 2. The number of rotatable bonds is 4. The second-order valence-electron chi connectivity index (χ2n) is 4.54. The fourth-order valence-corrected chi connectivity index (χ4v) is 2.57. The third kappa shape index (κ3) is 4.60. The van der Waals surface area contributed by atoms with Crippen LogP contribution in [0.4, 0.5) is 0 Å². The minimum Gasteiger partial charge on any atom is -0.317 e. The largest absolute Gasteiger partial charge is 0.317 e. The van der Waals surface area contributed by atoms with Crippen LogP contribution < -0.4 is 10.6 Å². The maximum Gasteiger partial charge on any atom is 0.0637 e. The molecule has 18 heavy (non-hydrogen) atoms. The summed E-state index contributed by atoms with van der Waals surface area (Å²) in [6, 6.07) is 5.78. The van der Waals surface area contributed by atoms with E-state index in [1.807, 2.05) is 18.2 Å². The highest BCUT2D eigenvalue weighted by Crippen LogP contribution is 2.25. The van der Waals surface area contributed by atoms with Crippen molar-refractivity contribution in [3.05, 3.63) is 33.8 Å². The van der Waals surface area contributed by atoms with Gasteiger partial charge >= 0.3 is 0 Å². The van der Waals surface area contributed by atoms with Crippen molar-refractivity contribution in [2.45, 2.75) is 19.4 Å². The summed E-state index contributed by atoms with van der Waals surface area (Å²) in [4.78, 5) is 0. The Hall–Kier alpha value is 0.01000. The van der Waals surface area contributed by atoms with Gasteiger partial charge in [0.25, 0.3) is 0 Å². The number of nitrogens with one attached hydrogen (secondary N) is 2. The highest BCUT2D eigenvalue weighted by atomic mass is 35.5. The average molecular weight is 310 g/mol. The Labute approximate surface area is 125 Å². The average Bonchev–Trinajstić information content (AvgIpc) is 2.36. The first-order valence-electron chi connectivity index (χ1n) is 6.11. The van der Waals surface area contributed by atoms with Crippen molar-refractivity contribution in [1.82, 2.24) is 10.6 Å². The smallest absolute Gasteiger partial charge is 0.0637 e. The monoisotopic (exact) mass is 308 g/mol. The van der Waals surface area contributed by atoms with Crippen molar-refractivity contribution in [2.75, 3.05) is 19.6 Å². The predicted molar refractivity (Wildman–Crippen MR) is 81.0 cm³/mol. The number of halogens is 3. The molecule has 0 bridgehead atoms. The molecule has 0 atom stereocenters. The summed E-state index contributed by atoms with van der Waals surface area (Å²) < 4.78 is 0. The molecular weight excluding hydrogens is 291 g/mol. The molecular formula is C13H19Cl3N2. The Morgan fingerprint density at radius 2 is 1.94 bits per heavy atom. The van der Waals surface area contributed by atoms with Gasteiger partial charge in [0.15, 0.2) is 0 Å². The molecule has 1 aliphatic rings. The molecule has 2 nitrogen and oxygen atoms in total. The second-order valence-corrected chi connectivity index (χ2v) is 5.32. The zero-order chi connectivity index (χ0) is 12.1. The van der Waals surface area contributed by atoms with Crippen LogP contribution in [0.1, 0.15) is 18.4 Å². The first kappa shape index (κ1) is 16.1. The molecule has 1 aromatic carbocycles. The normalized spacial score (nSPS) is 16.3. The van der Waals surface area contributed by atoms with Crippen LogP contribution in [0.5, 0.6) is 0 Å². The van der Waals surface area contributed by atoms with E-state index >= 15 is 0 Å². The van der Waals surface area contributed by atoms with E-state index in [9.17, 15) is 0 Å². The lowest BCUT2D eigenvalue weighted by molar-refractivity contribution is 0.356. The molecule has 0 radical (unpaired) electrons. The van der Waals surface area contributed by atoms with Gasteiger partial charge in [-0.3, -0.25) is 0 Å². The van der Waals surface area contributed by atoms with E-state index in [2.05, 4.69) is 10.6 Å². The van der Waals surface area contributed by atoms with E-state index in [-0.39, 0.29) is 12.4 Å². The van der Waals surface area contributed by atoms with Crippen LogP contribution in [0, 0.1) is 5.92 Å². The molecule has 1 heterocycles. The molecule has 5 heteroatoms. The zero-order valence-corrected chi connectivity index (χ0v) is 12.5. The van der Waals surface area contributed by atoms with Gasteiger partial charge in [0, 0.05) is 6.54 Å². The quantitative estimate of drug-likeness (QED) is 0.889. The topological polar surface area (TPSA) is 24.1 Å². The second kappa shape index (κ2) is 8.23. The molecule has 1 aromatic rings. The summed E-state index contributed by atoms with van der Waals surface area (Å²) in [6.45, 7) is 4.14. The van der Waals surface area contributed by atoms with Gasteiger partial charge in [0.1, 0.15) is 0 Å². The highest BCUT2D eigenvalue weighted by Gasteiger charge is 2.12. The molecule has 0 aliphatic carbocycles. The van der Waals surface area contributed by atoms with Gasteiger partial charge in [0.2, 0.25) is 0 Å². The van der Waals surface area contributed by atoms with Crippen molar-refractivity contribution in [1.29, 1.82) is 0 Å². The minimum absolute atomic E-state index is 0. The van der Waals surface area contributed by atoms with Gasteiger partial charge in [-0.2, -0.15) is 0 Å². The van der Waals surface area contributed by atoms with Crippen LogP contribution in [-0.4, -0.2) is 19.6 Å². The van der Waals surface area contributed by atoms with E-state index in [4.69, 9.17) is 23.2 Å². The molecule has 0 unspecified atom stereocenters. The summed E-state index contributed by atoms with van der Waals surface area (Å²) >= 11 is 12.1. The maximum absolute atomic E-state index is 6.13. The molecule has 102 valence electrons. The van der Waals surface area contributed by atoms with Crippen molar-refractivity contribution in [2.24, 2.45) is 5.92 Å². The van der Waals surface area contributed by atoms with Gasteiger partial charge < -0.3 is 10.6 Å². The molecule has 0 amide bonds. The van der Waals surface area contributed by atoms with Crippen LogP contribution >= 0.6 is 35.6 Å². The van der Waals surface area contributed by atoms with Crippen LogP contribution in [0.2, 0.25) is 10.0 Å². The summed E-state index contributed by atoms with van der Waals surface area (Å²) in [5.74, 6) is 0.786. The molecule has 1 aliphatic heterocycles. The lowest BCUT2D eigenvalue weighted by atomic mass is 9.98. The molecule has 0 spiro atoms. The first-order valence-corrected chi connectivity index (χ1v) is 6.87. The fraction of sp³-hybridized carbons (Fsp3) is 0.538. The number of hydrogen-bond acceptors (Lipinski definition) is 2. The summed E-state index contributed by atoms with van der Waals surface area (Å²) in [5, 5.41) is 8.15. The molecule has 2 N–H and O–H groups in total. The van der Waals surface area contributed by atoms with E-state index in [1.165, 1.54) is 12.8 Å². The van der Waals surface area contributed by atoms with Crippen LogP contribution in [0.15, 0.2) is 18.2 Å². The Morgan fingerprint density at radius 3 is 2.67 bits per heavy atom. The molecule has 1 fully saturated rings. The van der Waals surface area contributed by atoms with E-state index in [0.29, 0.717) is 10.0 Å². The van der Waals surface area contributed by atoms with Gasteiger partial charge in [0.05, 0.1) is 10.0 Å². The van der Waals surface area contributed by atoms with Gasteiger partial charge in [-0.1, -0.05) is 35.3 Å². The fourth-order valence-electron chi connectivity index (χ4n) is 2.18. The van der Waals surface area contributed by atoms with E-state index in [0.717, 1.165) is 37.7 Å². The third-order valence-electron chi connectivity index (χ3n) is 3.24. The molecule has 2 rings (SSSR count). The maximum atomic E-state index is 6.13. The number of benzene rings is 1. The Kier molecular flexibility index (Phi) is 7.35. The van der Waals surface area contributed by atoms with Crippen LogP contribution in [0.25, 0.3) is 0 Å². The lowest BCUT2D eigenvalue weighted by Crippen LogP contribution is -2.33. The SMILES string of the molecule is Cl.Clc1cccc(CNCC2CCNCC2)c1Cl. The predicted octanol–water partition coefficient (Wildman–Crippen LogP) is 3.50. The molecule has 1 saturated heterocycles. The summed E-state index contributed by atoms with van der Waals surface area (Å²) in [7, 11) is 0. The Bertz CT molecular complexity index is 365. The van der Waals surface area contributed by atoms with Gasteiger partial charge in [-0.25, -0.2) is 0 Å². The van der Waals surface area contributed by atoms with Crippen molar-refractivity contribution in [3.63, 3.8) is 0 Å².